The number of aromatic nitrogens is 2. The third kappa shape index (κ3) is 3.51. The normalized spacial score (nSPS) is 10.7. The van der Waals surface area contributed by atoms with E-state index in [1.165, 1.54) is 22.3 Å². The number of benzene rings is 3. The van der Waals surface area contributed by atoms with E-state index in [1.54, 1.807) is 0 Å². The first-order chi connectivity index (χ1) is 14.9. The van der Waals surface area contributed by atoms with Crippen LogP contribution in [-0.2, 0) is 0 Å². The third-order valence-electron chi connectivity index (χ3n) is 5.23. The first-order valence-electron chi connectivity index (χ1n) is 10.1. The van der Waals surface area contributed by atoms with Crippen LogP contribution in [0.4, 0.5) is 0 Å². The van der Waals surface area contributed by atoms with Crippen molar-refractivity contribution >= 4 is 0 Å². The fourth-order valence-corrected chi connectivity index (χ4v) is 3.81. The van der Waals surface area contributed by atoms with E-state index in [0.717, 1.165) is 17.1 Å². The molecule has 142 valence electrons. The zero-order valence-corrected chi connectivity index (χ0v) is 16.5. The molecule has 0 spiro atoms. The summed E-state index contributed by atoms with van der Waals surface area (Å²) in [5.74, 6) is 0. The summed E-state index contributed by atoms with van der Waals surface area (Å²) in [6.07, 6.45) is 3.69. The van der Waals surface area contributed by atoms with Gasteiger partial charge in [0.2, 0.25) is 17.1 Å². The van der Waals surface area contributed by atoms with Crippen molar-refractivity contribution in [3.63, 3.8) is 0 Å². The molecule has 0 atom stereocenters. The van der Waals surface area contributed by atoms with Crippen LogP contribution >= 0.6 is 0 Å². The lowest BCUT2D eigenvalue weighted by Gasteiger charge is -2.12. The molecule has 0 radical (unpaired) electrons. The molecule has 0 bridgehead atoms. The molecule has 2 heterocycles. The summed E-state index contributed by atoms with van der Waals surface area (Å²) in [5, 5.41) is 0. The summed E-state index contributed by atoms with van der Waals surface area (Å²) in [4.78, 5) is 4.23. The molecule has 0 aliphatic heterocycles. The first-order valence-corrected chi connectivity index (χ1v) is 10.1. The zero-order chi connectivity index (χ0) is 20.2. The van der Waals surface area contributed by atoms with Crippen LogP contribution in [0.1, 0.15) is 0 Å². The van der Waals surface area contributed by atoms with E-state index in [-0.39, 0.29) is 0 Å². The molecular weight excluding hydrogens is 364 g/mol. The fraction of sp³-hybridized carbons (Fsp3) is 0. The second kappa shape index (κ2) is 8.14. The van der Waals surface area contributed by atoms with E-state index >= 15 is 0 Å². The zero-order valence-electron chi connectivity index (χ0n) is 16.5. The molecule has 0 aliphatic rings. The predicted octanol–water partition coefficient (Wildman–Crippen LogP) is 6.36. The van der Waals surface area contributed by atoms with Gasteiger partial charge in [0, 0.05) is 47.8 Å². The van der Waals surface area contributed by atoms with Crippen LogP contribution < -0.4 is 4.57 Å². The Balaban J connectivity index is 1.88. The molecule has 0 N–H and O–H groups in total. The summed E-state index contributed by atoms with van der Waals surface area (Å²) in [5.41, 5.74) is 8.10. The Hall–Kier alpha value is -4.04. The van der Waals surface area contributed by atoms with Gasteiger partial charge in [-0.25, -0.2) is 0 Å². The van der Waals surface area contributed by atoms with Crippen LogP contribution in [0.15, 0.2) is 128 Å². The van der Waals surface area contributed by atoms with Crippen molar-refractivity contribution in [1.82, 2.24) is 4.98 Å². The van der Waals surface area contributed by atoms with Crippen molar-refractivity contribution in [2.75, 3.05) is 0 Å². The van der Waals surface area contributed by atoms with Crippen molar-refractivity contribution in [2.24, 2.45) is 0 Å². The van der Waals surface area contributed by atoms with E-state index in [0.29, 0.717) is 0 Å². The Morgan fingerprint density at radius 2 is 0.867 bits per heavy atom. The van der Waals surface area contributed by atoms with Crippen molar-refractivity contribution in [3.05, 3.63) is 128 Å². The molecule has 5 rings (SSSR count). The molecule has 5 aromatic rings. The highest BCUT2D eigenvalue weighted by molar-refractivity contribution is 5.74. The summed E-state index contributed by atoms with van der Waals surface area (Å²) >= 11 is 0. The Labute approximate surface area is 176 Å². The van der Waals surface area contributed by atoms with Gasteiger partial charge in [0.15, 0.2) is 0 Å². The number of hydrogen-bond donors (Lipinski definition) is 0. The third-order valence-corrected chi connectivity index (χ3v) is 5.23. The largest absolute Gasteiger partial charge is 0.264 e. The molecule has 0 saturated carbocycles. The van der Waals surface area contributed by atoms with Crippen molar-refractivity contribution in [2.45, 2.75) is 0 Å². The van der Waals surface area contributed by atoms with Crippen LogP contribution in [0.25, 0.3) is 39.3 Å². The minimum absolute atomic E-state index is 1.09. The second-order valence-electron chi connectivity index (χ2n) is 7.15. The van der Waals surface area contributed by atoms with Crippen LogP contribution in [0, 0.1) is 0 Å². The van der Waals surface area contributed by atoms with Gasteiger partial charge in [-0.15, -0.1) is 0 Å². The topological polar surface area (TPSA) is 16.8 Å². The number of pyridine rings is 2. The fourth-order valence-electron chi connectivity index (χ4n) is 3.81. The number of rotatable bonds is 4. The van der Waals surface area contributed by atoms with Crippen molar-refractivity contribution < 1.29 is 4.57 Å². The molecule has 2 aromatic heterocycles. The van der Waals surface area contributed by atoms with Gasteiger partial charge >= 0.3 is 0 Å². The van der Waals surface area contributed by atoms with Gasteiger partial charge in [0.25, 0.3) is 0 Å². The molecule has 0 fully saturated rings. The molecule has 0 aliphatic carbocycles. The van der Waals surface area contributed by atoms with E-state index in [4.69, 9.17) is 0 Å². The number of hydrogen-bond acceptors (Lipinski definition) is 1. The van der Waals surface area contributed by atoms with Gasteiger partial charge in [-0.3, -0.25) is 4.98 Å². The van der Waals surface area contributed by atoms with Crippen molar-refractivity contribution in [3.8, 4) is 39.3 Å². The van der Waals surface area contributed by atoms with E-state index < -0.39 is 0 Å². The standard InChI is InChI=1S/C28H21N2/c1-4-10-22(11-5-1)25-20-27(23-12-6-2-7-13-23)30(26-16-18-29-19-17-26)28(21-25)24-14-8-3-9-15-24/h1-21H/q+1. The molecule has 0 amide bonds. The average Bonchev–Trinajstić information content (AvgIpc) is 2.85. The molecule has 3 aromatic carbocycles. The average molecular weight is 385 g/mol. The smallest absolute Gasteiger partial charge is 0.219 e. The Bertz CT molecular complexity index is 1190. The second-order valence-corrected chi connectivity index (χ2v) is 7.15. The molecular formula is C28H21N2+. The van der Waals surface area contributed by atoms with E-state index in [9.17, 15) is 0 Å². The summed E-state index contributed by atoms with van der Waals surface area (Å²) in [6.45, 7) is 0. The van der Waals surface area contributed by atoms with E-state index in [1.807, 2.05) is 12.4 Å². The lowest BCUT2D eigenvalue weighted by Crippen LogP contribution is -2.36. The summed E-state index contributed by atoms with van der Waals surface area (Å²) in [6, 6.07) is 40.3. The van der Waals surface area contributed by atoms with Crippen LogP contribution in [0.2, 0.25) is 0 Å². The Morgan fingerprint density at radius 3 is 1.33 bits per heavy atom. The maximum absolute atomic E-state index is 4.23. The van der Waals surface area contributed by atoms with Gasteiger partial charge in [0.1, 0.15) is 0 Å². The predicted molar refractivity (Wildman–Crippen MR) is 122 cm³/mol. The minimum atomic E-state index is 1.09. The highest BCUT2D eigenvalue weighted by Crippen LogP contribution is 2.30. The number of nitrogens with zero attached hydrogens (tertiary/aromatic N) is 2. The minimum Gasteiger partial charge on any atom is -0.264 e. The van der Waals surface area contributed by atoms with Gasteiger partial charge in [-0.2, -0.15) is 4.57 Å². The van der Waals surface area contributed by atoms with Crippen LogP contribution in [0.3, 0.4) is 0 Å². The molecule has 0 saturated heterocycles. The Kier molecular flexibility index (Phi) is 4.89. The first kappa shape index (κ1) is 18.0. The Morgan fingerprint density at radius 1 is 0.433 bits per heavy atom. The molecule has 2 heteroatoms. The van der Waals surface area contributed by atoms with Crippen LogP contribution in [0.5, 0.6) is 0 Å². The van der Waals surface area contributed by atoms with E-state index in [2.05, 4.69) is 125 Å². The maximum Gasteiger partial charge on any atom is 0.219 e. The highest BCUT2D eigenvalue weighted by Gasteiger charge is 2.24. The summed E-state index contributed by atoms with van der Waals surface area (Å²) < 4.78 is 2.32. The molecule has 0 unspecified atom stereocenters. The maximum atomic E-state index is 4.23. The lowest BCUT2D eigenvalue weighted by molar-refractivity contribution is -0.572. The van der Waals surface area contributed by atoms with Gasteiger partial charge in [-0.1, -0.05) is 66.7 Å². The lowest BCUT2D eigenvalue weighted by atomic mass is 9.98. The monoisotopic (exact) mass is 385 g/mol. The quantitative estimate of drug-likeness (QED) is 0.329. The SMILES string of the molecule is c1ccc(-c2cc(-c3ccccc3)[n+](-c3ccncc3)c(-c3ccccc3)c2)cc1. The van der Waals surface area contributed by atoms with Gasteiger partial charge < -0.3 is 0 Å². The van der Waals surface area contributed by atoms with Crippen LogP contribution in [-0.4, -0.2) is 4.98 Å². The van der Waals surface area contributed by atoms with Gasteiger partial charge in [-0.05, 0) is 35.4 Å². The van der Waals surface area contributed by atoms with Gasteiger partial charge in [0.05, 0.1) is 0 Å². The molecule has 2 nitrogen and oxygen atoms in total. The molecule has 30 heavy (non-hydrogen) atoms. The van der Waals surface area contributed by atoms with Crippen molar-refractivity contribution in [1.29, 1.82) is 0 Å². The highest BCUT2D eigenvalue weighted by atomic mass is 15.0. The summed E-state index contributed by atoms with van der Waals surface area (Å²) in [7, 11) is 0.